The van der Waals surface area contributed by atoms with Crippen molar-refractivity contribution in [2.24, 2.45) is 0 Å². The first-order chi connectivity index (χ1) is 9.20. The zero-order valence-electron chi connectivity index (χ0n) is 11.2. The first-order valence-electron chi connectivity index (χ1n) is 6.52. The van der Waals surface area contributed by atoms with E-state index < -0.39 is 0 Å². The molecular formula is C16H16FNO. The average molecular weight is 257 g/mol. The van der Waals surface area contributed by atoms with Crippen LogP contribution >= 0.6 is 0 Å². The molecule has 0 bridgehead atoms. The van der Waals surface area contributed by atoms with Gasteiger partial charge in [0, 0.05) is 12.3 Å². The van der Waals surface area contributed by atoms with Gasteiger partial charge in [0.05, 0.1) is 7.11 Å². The zero-order chi connectivity index (χ0) is 13.4. The highest BCUT2D eigenvalue weighted by atomic mass is 19.1. The lowest BCUT2D eigenvalue weighted by Crippen LogP contribution is -1.97. The molecule has 98 valence electrons. The highest BCUT2D eigenvalue weighted by molar-refractivity contribution is 5.70. The molecule has 0 unspecified atom stereocenters. The van der Waals surface area contributed by atoms with Gasteiger partial charge in [-0.15, -0.1) is 0 Å². The maximum absolute atomic E-state index is 14.2. The third kappa shape index (κ3) is 1.99. The molecular weight excluding hydrogens is 241 g/mol. The van der Waals surface area contributed by atoms with E-state index in [9.17, 15) is 4.39 Å². The Morgan fingerprint density at radius 2 is 2.00 bits per heavy atom. The normalized spacial score (nSPS) is 13.4. The molecule has 0 aliphatic heterocycles. The minimum Gasteiger partial charge on any atom is -0.481 e. The Morgan fingerprint density at radius 1 is 1.21 bits per heavy atom. The second-order valence-electron chi connectivity index (χ2n) is 4.93. The van der Waals surface area contributed by atoms with Gasteiger partial charge in [0.15, 0.2) is 0 Å². The van der Waals surface area contributed by atoms with Crippen LogP contribution in [0.5, 0.6) is 5.88 Å². The predicted octanol–water partition coefficient (Wildman–Crippen LogP) is 3.69. The molecule has 0 saturated carbocycles. The molecule has 3 heteroatoms. The summed E-state index contributed by atoms with van der Waals surface area (Å²) < 4.78 is 19.3. The van der Waals surface area contributed by atoms with Crippen LogP contribution in [-0.4, -0.2) is 12.1 Å². The Labute approximate surface area is 112 Å². The molecule has 2 aromatic rings. The van der Waals surface area contributed by atoms with Crippen LogP contribution in [0.1, 0.15) is 23.1 Å². The summed E-state index contributed by atoms with van der Waals surface area (Å²) in [5, 5.41) is 0. The van der Waals surface area contributed by atoms with E-state index in [2.05, 4.69) is 11.9 Å². The molecule has 19 heavy (non-hydrogen) atoms. The number of nitrogens with zero attached hydrogens (tertiary/aromatic N) is 1. The van der Waals surface area contributed by atoms with E-state index in [1.54, 1.807) is 19.4 Å². The van der Waals surface area contributed by atoms with Gasteiger partial charge >= 0.3 is 0 Å². The van der Waals surface area contributed by atoms with Gasteiger partial charge < -0.3 is 4.74 Å². The van der Waals surface area contributed by atoms with Crippen LogP contribution in [0.2, 0.25) is 0 Å². The summed E-state index contributed by atoms with van der Waals surface area (Å²) in [7, 11) is 1.59. The molecule has 0 amide bonds. The Bertz CT molecular complexity index is 637. The summed E-state index contributed by atoms with van der Waals surface area (Å²) >= 11 is 0. The van der Waals surface area contributed by atoms with E-state index in [-0.39, 0.29) is 5.82 Å². The van der Waals surface area contributed by atoms with Crippen LogP contribution in [0, 0.1) is 12.7 Å². The van der Waals surface area contributed by atoms with Crippen molar-refractivity contribution >= 4 is 0 Å². The summed E-state index contributed by atoms with van der Waals surface area (Å²) in [6, 6.07) is 5.39. The van der Waals surface area contributed by atoms with E-state index in [1.165, 1.54) is 11.1 Å². The van der Waals surface area contributed by atoms with E-state index in [4.69, 9.17) is 4.74 Å². The van der Waals surface area contributed by atoms with Crippen molar-refractivity contribution in [2.45, 2.75) is 26.2 Å². The summed E-state index contributed by atoms with van der Waals surface area (Å²) in [5.41, 5.74) is 5.17. The number of ether oxygens (including phenoxy) is 1. The lowest BCUT2D eigenvalue weighted by atomic mass is 9.94. The number of pyridine rings is 1. The van der Waals surface area contributed by atoms with Crippen molar-refractivity contribution in [3.63, 3.8) is 0 Å². The lowest BCUT2D eigenvalue weighted by molar-refractivity contribution is 0.398. The Kier molecular flexibility index (Phi) is 2.97. The van der Waals surface area contributed by atoms with Gasteiger partial charge in [0.2, 0.25) is 5.88 Å². The first kappa shape index (κ1) is 12.2. The maximum atomic E-state index is 14.2. The molecule has 1 heterocycles. The molecule has 0 radical (unpaired) electrons. The molecule has 0 saturated heterocycles. The molecule has 3 rings (SSSR count). The minimum absolute atomic E-state index is 0.0797. The van der Waals surface area contributed by atoms with Crippen molar-refractivity contribution in [3.8, 4) is 17.0 Å². The van der Waals surface area contributed by atoms with E-state index >= 15 is 0 Å². The van der Waals surface area contributed by atoms with Crippen molar-refractivity contribution < 1.29 is 9.13 Å². The van der Waals surface area contributed by atoms with E-state index in [1.807, 2.05) is 12.1 Å². The summed E-state index contributed by atoms with van der Waals surface area (Å²) in [6.07, 6.45) is 4.59. The number of methoxy groups -OCH3 is 1. The second-order valence-corrected chi connectivity index (χ2v) is 4.93. The van der Waals surface area contributed by atoms with Crippen molar-refractivity contribution in [3.05, 3.63) is 46.9 Å². The molecule has 0 spiro atoms. The van der Waals surface area contributed by atoms with E-state index in [0.717, 1.165) is 36.0 Å². The van der Waals surface area contributed by atoms with Crippen LogP contribution in [0.4, 0.5) is 4.39 Å². The minimum atomic E-state index is -0.0797. The van der Waals surface area contributed by atoms with Gasteiger partial charge in [-0.2, -0.15) is 0 Å². The fourth-order valence-electron chi connectivity index (χ4n) is 2.89. The van der Waals surface area contributed by atoms with Crippen molar-refractivity contribution in [1.29, 1.82) is 0 Å². The topological polar surface area (TPSA) is 22.1 Å². The number of rotatable bonds is 2. The van der Waals surface area contributed by atoms with Crippen LogP contribution in [0.3, 0.4) is 0 Å². The lowest BCUT2D eigenvalue weighted by Gasteiger charge is -2.13. The molecule has 0 atom stereocenters. The quantitative estimate of drug-likeness (QED) is 0.818. The largest absolute Gasteiger partial charge is 0.481 e. The highest BCUT2D eigenvalue weighted by Gasteiger charge is 2.20. The van der Waals surface area contributed by atoms with Crippen molar-refractivity contribution in [1.82, 2.24) is 4.98 Å². The number of hydrogen-bond donors (Lipinski definition) is 0. The van der Waals surface area contributed by atoms with Crippen LogP contribution in [0.25, 0.3) is 11.1 Å². The molecule has 2 nitrogen and oxygen atoms in total. The highest BCUT2D eigenvalue weighted by Crippen LogP contribution is 2.35. The van der Waals surface area contributed by atoms with Gasteiger partial charge in [-0.25, -0.2) is 9.37 Å². The SMILES string of the molecule is COc1cc(-c2cc(F)c3c(c2C)CCC3)ccn1. The standard InChI is InChI=1S/C16H16FNO/c1-10-12-4-3-5-13(12)15(17)9-14(10)11-6-7-18-16(8-11)19-2/h6-9H,3-5H2,1-2H3. The van der Waals surface area contributed by atoms with Gasteiger partial charge in [0.1, 0.15) is 5.82 Å². The molecule has 0 N–H and O–H groups in total. The van der Waals surface area contributed by atoms with Gasteiger partial charge in [-0.05, 0) is 66.1 Å². The van der Waals surface area contributed by atoms with Gasteiger partial charge in [-0.1, -0.05) is 0 Å². The summed E-state index contributed by atoms with van der Waals surface area (Å²) in [5.74, 6) is 0.474. The Morgan fingerprint density at radius 3 is 2.79 bits per heavy atom. The smallest absolute Gasteiger partial charge is 0.213 e. The van der Waals surface area contributed by atoms with Crippen LogP contribution < -0.4 is 4.74 Å². The third-order valence-corrected chi connectivity index (χ3v) is 3.89. The molecule has 1 aliphatic rings. The number of benzene rings is 1. The molecule has 1 aliphatic carbocycles. The van der Waals surface area contributed by atoms with Crippen LogP contribution in [-0.2, 0) is 12.8 Å². The summed E-state index contributed by atoms with van der Waals surface area (Å²) in [6.45, 7) is 2.08. The van der Waals surface area contributed by atoms with Crippen molar-refractivity contribution in [2.75, 3.05) is 7.11 Å². The monoisotopic (exact) mass is 257 g/mol. The fraction of sp³-hybridized carbons (Fsp3) is 0.312. The molecule has 1 aromatic carbocycles. The Hall–Kier alpha value is -1.90. The predicted molar refractivity (Wildman–Crippen MR) is 72.9 cm³/mol. The Balaban J connectivity index is 2.17. The van der Waals surface area contributed by atoms with E-state index in [0.29, 0.717) is 5.88 Å². The fourth-order valence-corrected chi connectivity index (χ4v) is 2.89. The summed E-state index contributed by atoms with van der Waals surface area (Å²) in [4.78, 5) is 4.09. The molecule has 1 aromatic heterocycles. The van der Waals surface area contributed by atoms with Gasteiger partial charge in [0.25, 0.3) is 0 Å². The van der Waals surface area contributed by atoms with Crippen LogP contribution in [0.15, 0.2) is 24.4 Å². The number of aromatic nitrogens is 1. The van der Waals surface area contributed by atoms with Gasteiger partial charge in [-0.3, -0.25) is 0 Å². The maximum Gasteiger partial charge on any atom is 0.213 e. The molecule has 0 fully saturated rings. The number of fused-ring (bicyclic) bond motifs is 1. The number of hydrogen-bond acceptors (Lipinski definition) is 2. The zero-order valence-corrected chi connectivity index (χ0v) is 11.2. The average Bonchev–Trinajstić information content (AvgIpc) is 2.93. The number of halogens is 1. The second kappa shape index (κ2) is 4.65. The third-order valence-electron chi connectivity index (χ3n) is 3.89. The first-order valence-corrected chi connectivity index (χ1v) is 6.52.